The van der Waals surface area contributed by atoms with Gasteiger partial charge < -0.3 is 19.6 Å². The van der Waals surface area contributed by atoms with Crippen molar-refractivity contribution < 1.29 is 28.0 Å². The van der Waals surface area contributed by atoms with E-state index in [1.165, 1.54) is 34.9 Å². The minimum atomic E-state index is -4.05. The van der Waals surface area contributed by atoms with Gasteiger partial charge in [-0.15, -0.1) is 11.3 Å². The molecule has 2 aromatic carbocycles. The van der Waals surface area contributed by atoms with Crippen LogP contribution in [-0.2, 0) is 41.6 Å². The number of ether oxygens (including phenoxy) is 2. The van der Waals surface area contributed by atoms with E-state index in [4.69, 9.17) is 19.6 Å². The first kappa shape index (κ1) is 38.7. The highest BCUT2D eigenvalue weighted by Gasteiger charge is 2.39. The van der Waals surface area contributed by atoms with Gasteiger partial charge in [-0.1, -0.05) is 74.5 Å². The Morgan fingerprint density at radius 1 is 0.857 bits per heavy atom. The molecule has 0 saturated heterocycles. The molecular formula is C35H45N4O6PS3. The molecule has 2 aromatic heterocycles. The third kappa shape index (κ3) is 11.8. The van der Waals surface area contributed by atoms with Gasteiger partial charge in [0, 0.05) is 27.9 Å². The Bertz CT molecular complexity index is 1590. The lowest BCUT2D eigenvalue weighted by Gasteiger charge is -2.27. The summed E-state index contributed by atoms with van der Waals surface area (Å²) < 4.78 is 32.3. The van der Waals surface area contributed by atoms with Crippen LogP contribution >= 0.6 is 42.3 Å². The number of benzene rings is 2. The van der Waals surface area contributed by atoms with E-state index in [0.717, 1.165) is 22.4 Å². The number of thiazole rings is 1. The molecule has 14 heteroatoms. The Hall–Kier alpha value is -3.06. The fraction of sp³-hybridized carbons (Fsp3) is 0.400. The lowest BCUT2D eigenvalue weighted by molar-refractivity contribution is -0.145. The van der Waals surface area contributed by atoms with Gasteiger partial charge in [0.2, 0.25) is 0 Å². The average Bonchev–Trinajstić information content (AvgIpc) is 3.72. The van der Waals surface area contributed by atoms with E-state index < -0.39 is 31.5 Å². The van der Waals surface area contributed by atoms with E-state index in [2.05, 4.69) is 29.0 Å². The molecule has 0 saturated carbocycles. The number of hydrogen-bond donors (Lipinski definition) is 3. The summed E-state index contributed by atoms with van der Waals surface area (Å²) in [7, 11) is -4.05. The van der Waals surface area contributed by atoms with Gasteiger partial charge in [0.1, 0.15) is 17.8 Å². The first-order chi connectivity index (χ1) is 23.6. The highest BCUT2D eigenvalue weighted by molar-refractivity contribution is 7.98. The molecule has 0 unspecified atom stereocenters. The number of nitrogen functional groups attached to an aromatic ring is 1. The molecule has 264 valence electrons. The molecule has 4 rings (SSSR count). The Morgan fingerprint density at radius 3 is 1.84 bits per heavy atom. The maximum atomic E-state index is 15.2. The summed E-state index contributed by atoms with van der Waals surface area (Å²) in [6, 6.07) is 21.0. The molecule has 0 bridgehead atoms. The zero-order valence-corrected chi connectivity index (χ0v) is 31.6. The summed E-state index contributed by atoms with van der Waals surface area (Å²) >= 11 is 4.39. The summed E-state index contributed by atoms with van der Waals surface area (Å²) in [5.41, 5.74) is 8.89. The van der Waals surface area contributed by atoms with Crippen LogP contribution in [0.3, 0.4) is 0 Å². The number of furan rings is 1. The predicted molar refractivity (Wildman–Crippen MR) is 202 cm³/mol. The number of esters is 2. The summed E-state index contributed by atoms with van der Waals surface area (Å²) in [5, 5.41) is 6.53. The molecule has 49 heavy (non-hydrogen) atoms. The van der Waals surface area contributed by atoms with Crippen molar-refractivity contribution in [2.45, 2.75) is 57.7 Å². The summed E-state index contributed by atoms with van der Waals surface area (Å²) in [4.78, 5) is 32.1. The maximum absolute atomic E-state index is 15.2. The maximum Gasteiger partial charge on any atom is 0.324 e. The number of hydrogen-bond acceptors (Lipinski definition) is 11. The molecule has 0 amide bonds. The van der Waals surface area contributed by atoms with Gasteiger partial charge in [-0.2, -0.15) is 23.5 Å². The minimum absolute atomic E-state index is 0.0364. The van der Waals surface area contributed by atoms with Crippen LogP contribution in [0.15, 0.2) is 77.2 Å². The monoisotopic (exact) mass is 744 g/mol. The van der Waals surface area contributed by atoms with Crippen LogP contribution in [0.1, 0.15) is 43.7 Å². The largest absolute Gasteiger partial charge is 0.465 e. The van der Waals surface area contributed by atoms with Gasteiger partial charge in [-0.05, 0) is 49.4 Å². The van der Waals surface area contributed by atoms with Crippen molar-refractivity contribution in [3.05, 3.63) is 88.8 Å². The lowest BCUT2D eigenvalue weighted by Crippen LogP contribution is -2.48. The van der Waals surface area contributed by atoms with E-state index >= 15 is 4.57 Å². The van der Waals surface area contributed by atoms with Crippen molar-refractivity contribution in [1.29, 1.82) is 0 Å². The molecule has 10 nitrogen and oxygen atoms in total. The van der Waals surface area contributed by atoms with Gasteiger partial charge in [-0.25, -0.2) is 15.2 Å². The molecule has 0 aliphatic carbocycles. The second kappa shape index (κ2) is 19.4. The van der Waals surface area contributed by atoms with Crippen molar-refractivity contribution in [1.82, 2.24) is 15.2 Å². The number of nitrogens with zero attached hydrogens (tertiary/aromatic N) is 1. The third-order valence-electron chi connectivity index (χ3n) is 7.05. The Kier molecular flexibility index (Phi) is 15.3. The second-order valence-electron chi connectivity index (χ2n) is 11.5. The smallest absolute Gasteiger partial charge is 0.324 e. The molecule has 0 spiro atoms. The lowest BCUT2D eigenvalue weighted by atomic mass is 10.1. The fourth-order valence-electron chi connectivity index (χ4n) is 4.84. The summed E-state index contributed by atoms with van der Waals surface area (Å²) in [5.74, 6) is 1.38. The Balaban J connectivity index is 1.67. The zero-order valence-electron chi connectivity index (χ0n) is 28.3. The molecule has 0 aliphatic rings. The van der Waals surface area contributed by atoms with Gasteiger partial charge in [0.25, 0.3) is 7.44 Å². The molecule has 2 heterocycles. The fourth-order valence-corrected chi connectivity index (χ4v) is 10.2. The molecule has 0 aliphatic heterocycles. The van der Waals surface area contributed by atoms with Gasteiger partial charge in [0.15, 0.2) is 16.4 Å². The number of anilines is 1. The number of carbonyl (C=O) groups excluding carboxylic acids is 2. The molecule has 0 radical (unpaired) electrons. The summed E-state index contributed by atoms with van der Waals surface area (Å²) in [6.45, 7) is 7.94. The first-order valence-electron chi connectivity index (χ1n) is 16.2. The topological polar surface area (TPSA) is 146 Å². The third-order valence-corrected chi connectivity index (χ3v) is 12.4. The first-order valence-corrected chi connectivity index (χ1v) is 21.0. The van der Waals surface area contributed by atoms with Crippen LogP contribution in [0.4, 0.5) is 5.13 Å². The van der Waals surface area contributed by atoms with Gasteiger partial charge in [-0.3, -0.25) is 14.2 Å². The molecule has 2 atom stereocenters. The number of aromatic nitrogens is 1. The van der Waals surface area contributed by atoms with Gasteiger partial charge in [0.05, 0.1) is 13.2 Å². The van der Waals surface area contributed by atoms with Crippen LogP contribution in [0.2, 0.25) is 0 Å². The van der Waals surface area contributed by atoms with Crippen molar-refractivity contribution in [2.75, 3.05) is 30.5 Å². The van der Waals surface area contributed by atoms with Crippen molar-refractivity contribution in [2.24, 2.45) is 5.92 Å². The average molecular weight is 745 g/mol. The van der Waals surface area contributed by atoms with Crippen LogP contribution in [-0.4, -0.2) is 53.7 Å². The van der Waals surface area contributed by atoms with Crippen molar-refractivity contribution in [3.8, 4) is 11.5 Å². The zero-order chi connectivity index (χ0) is 35.2. The van der Waals surface area contributed by atoms with Crippen LogP contribution < -0.4 is 21.4 Å². The number of thioether (sulfide) groups is 2. The normalized spacial score (nSPS) is 12.9. The molecule has 4 N–H and O–H groups in total. The van der Waals surface area contributed by atoms with Crippen LogP contribution in [0, 0.1) is 5.92 Å². The number of rotatable bonds is 20. The van der Waals surface area contributed by atoms with Gasteiger partial charge >= 0.3 is 11.9 Å². The molecular weight excluding hydrogens is 700 g/mol. The van der Waals surface area contributed by atoms with E-state index in [1.807, 2.05) is 60.7 Å². The Morgan fingerprint density at radius 2 is 1.37 bits per heavy atom. The SMILES string of the molecule is CCOC(=O)[C@H](CSCc1ccccc1)NP(=O)(N[C@@H](CSCc1ccccc1)C(=O)OCC)c1ccc(-c2nc(N)sc2CC(C)C)o1. The standard InChI is InChI=1S/C35H45N4O6PS3/c1-5-43-33(40)27(22-47-20-25-13-9-7-10-14-25)38-46(42,31-18-17-29(45-31)32-30(19-24(3)4)49-35(36)37-32)39-28(34(41)44-6-2)23-48-21-26-15-11-8-12-16-26/h7-18,24,27-28H,5-6,19-23H2,1-4H3,(H2,36,37)(H2,38,39,42)/t27-,28-/m0/s1. The van der Waals surface area contributed by atoms with Crippen LogP contribution in [0.25, 0.3) is 11.5 Å². The number of carbonyl (C=O) groups is 2. The molecule has 4 aromatic rings. The highest BCUT2D eigenvalue weighted by Crippen LogP contribution is 2.41. The van der Waals surface area contributed by atoms with Crippen molar-refractivity contribution >= 4 is 64.9 Å². The summed E-state index contributed by atoms with van der Waals surface area (Å²) in [6.07, 6.45) is 0.738. The quantitative estimate of drug-likeness (QED) is 0.0639. The van der Waals surface area contributed by atoms with Crippen molar-refractivity contribution in [3.63, 3.8) is 0 Å². The predicted octanol–water partition coefficient (Wildman–Crippen LogP) is 6.91. The van der Waals surface area contributed by atoms with E-state index in [1.54, 1.807) is 26.0 Å². The molecule has 0 fully saturated rings. The van der Waals surface area contributed by atoms with E-state index in [9.17, 15) is 9.59 Å². The van der Waals surface area contributed by atoms with E-state index in [0.29, 0.717) is 34.0 Å². The number of nitrogens with two attached hydrogens (primary N) is 1. The Labute approximate surface area is 301 Å². The van der Waals surface area contributed by atoms with E-state index in [-0.39, 0.29) is 30.2 Å². The minimum Gasteiger partial charge on any atom is -0.465 e. The number of nitrogens with one attached hydrogen (secondary N) is 2. The second-order valence-corrected chi connectivity index (χ2v) is 16.9. The highest BCUT2D eigenvalue weighted by atomic mass is 32.2. The van der Waals surface area contributed by atoms with Crippen LogP contribution in [0.5, 0.6) is 0 Å².